The van der Waals surface area contributed by atoms with Crippen LogP contribution in [0, 0.1) is 18.2 Å². The smallest absolute Gasteiger partial charge is 0.253 e. The van der Waals surface area contributed by atoms with Gasteiger partial charge in [0.2, 0.25) is 0 Å². The second-order valence-corrected chi connectivity index (χ2v) is 9.87. The van der Waals surface area contributed by atoms with Crippen LogP contribution < -0.4 is 9.75 Å². The van der Waals surface area contributed by atoms with Crippen molar-refractivity contribution < 1.29 is 13.9 Å². The molecule has 0 unspecified atom stereocenters. The van der Waals surface area contributed by atoms with Crippen LogP contribution in [0.4, 0.5) is 10.1 Å². The van der Waals surface area contributed by atoms with Gasteiger partial charge in [0.05, 0.1) is 42.5 Å². The number of hydrogen-bond donors (Lipinski definition) is 0. The fraction of sp³-hybridized carbons (Fsp3) is 0.321. The van der Waals surface area contributed by atoms with Gasteiger partial charge in [0.1, 0.15) is 17.4 Å². The lowest BCUT2D eigenvalue weighted by atomic mass is 9.92. The van der Waals surface area contributed by atoms with E-state index in [0.717, 1.165) is 46.9 Å². The van der Waals surface area contributed by atoms with E-state index in [1.807, 2.05) is 54.7 Å². The quantitative estimate of drug-likeness (QED) is 0.508. The number of rotatable bonds is 4. The van der Waals surface area contributed by atoms with E-state index in [-0.39, 0.29) is 11.7 Å². The Labute approximate surface area is 210 Å². The Morgan fingerprint density at radius 2 is 1.92 bits per heavy atom. The number of aliphatic imine (C=N–C) groups is 1. The Morgan fingerprint density at radius 1 is 1.14 bits per heavy atom. The number of benzene rings is 2. The molecule has 1 fully saturated rings. The summed E-state index contributed by atoms with van der Waals surface area (Å²) in [6, 6.07) is 12.1. The van der Waals surface area contributed by atoms with E-state index in [2.05, 4.69) is 11.1 Å². The molecule has 3 aromatic rings. The number of nitrogens with zero attached hydrogens (tertiary/aromatic N) is 5. The standard InChI is InChI=1S/C28H30FN5O2/c1-19-16-32(18-31-19)24-12-7-20(15-25(24)36-4)14-21-6-5-13-33-26(21)30-17-28(2,3)27(35)34(33)23-10-8-22(29)9-11-23/h7-12,14-16,18H,5-6,13,17H2,1-4H3/b21-14+. The van der Waals surface area contributed by atoms with Crippen molar-refractivity contribution in [3.63, 3.8) is 0 Å². The monoisotopic (exact) mass is 487 g/mol. The normalized spacial score (nSPS) is 18.6. The largest absolute Gasteiger partial charge is 0.495 e. The van der Waals surface area contributed by atoms with Gasteiger partial charge in [0.15, 0.2) is 0 Å². The number of carbonyl (C=O) groups excluding carboxylic acids is 1. The number of methoxy groups -OCH3 is 1. The molecule has 1 aromatic heterocycles. The maximum Gasteiger partial charge on any atom is 0.253 e. The minimum atomic E-state index is -0.697. The van der Waals surface area contributed by atoms with Crippen LogP contribution in [0.1, 0.15) is 37.9 Å². The van der Waals surface area contributed by atoms with Crippen molar-refractivity contribution in [3.05, 3.63) is 77.6 Å². The van der Waals surface area contributed by atoms with Crippen molar-refractivity contribution in [1.29, 1.82) is 0 Å². The predicted molar refractivity (Wildman–Crippen MR) is 139 cm³/mol. The van der Waals surface area contributed by atoms with Gasteiger partial charge in [0, 0.05) is 12.7 Å². The number of carbonyl (C=O) groups is 1. The number of amides is 1. The highest BCUT2D eigenvalue weighted by Gasteiger charge is 2.41. The van der Waals surface area contributed by atoms with Gasteiger partial charge >= 0.3 is 0 Å². The topological polar surface area (TPSA) is 63.0 Å². The molecule has 0 saturated carbocycles. The zero-order chi connectivity index (χ0) is 25.4. The first kappa shape index (κ1) is 23.8. The number of aromatic nitrogens is 2. The highest BCUT2D eigenvalue weighted by atomic mass is 19.1. The van der Waals surface area contributed by atoms with Crippen molar-refractivity contribution in [2.45, 2.75) is 33.6 Å². The summed E-state index contributed by atoms with van der Waals surface area (Å²) in [6.07, 6.45) is 7.54. The molecule has 0 spiro atoms. The number of amidine groups is 1. The highest BCUT2D eigenvalue weighted by Crippen LogP contribution is 2.34. The minimum Gasteiger partial charge on any atom is -0.495 e. The van der Waals surface area contributed by atoms with Crippen LogP contribution in [0.2, 0.25) is 0 Å². The van der Waals surface area contributed by atoms with Gasteiger partial charge in [-0.05, 0) is 87.2 Å². The number of imidazole rings is 1. The SMILES string of the molecule is COc1cc(/C=C2\CCCN3C2=NCC(C)(C)C(=O)N3c2ccc(F)cc2)ccc1-n1cnc(C)c1. The molecule has 3 heterocycles. The summed E-state index contributed by atoms with van der Waals surface area (Å²) >= 11 is 0. The molecule has 2 aromatic carbocycles. The zero-order valence-electron chi connectivity index (χ0n) is 21.0. The fourth-order valence-electron chi connectivity index (χ4n) is 4.64. The van der Waals surface area contributed by atoms with E-state index < -0.39 is 5.41 Å². The number of halogens is 1. The third-order valence-corrected chi connectivity index (χ3v) is 6.59. The average Bonchev–Trinajstić information content (AvgIpc) is 3.26. The van der Waals surface area contributed by atoms with Crippen molar-refractivity contribution in [2.24, 2.45) is 10.4 Å². The van der Waals surface area contributed by atoms with Crippen LogP contribution in [0.15, 0.2) is 65.6 Å². The van der Waals surface area contributed by atoms with Gasteiger partial charge in [-0.25, -0.2) is 14.4 Å². The second kappa shape index (κ2) is 9.26. The molecule has 0 radical (unpaired) electrons. The molecule has 186 valence electrons. The fourth-order valence-corrected chi connectivity index (χ4v) is 4.64. The number of ether oxygens (including phenoxy) is 1. The third-order valence-electron chi connectivity index (χ3n) is 6.59. The molecule has 0 atom stereocenters. The van der Waals surface area contributed by atoms with E-state index >= 15 is 0 Å². The first-order valence-corrected chi connectivity index (χ1v) is 12.1. The summed E-state index contributed by atoms with van der Waals surface area (Å²) in [5.74, 6) is 1.12. The van der Waals surface area contributed by atoms with E-state index in [1.54, 1.807) is 30.6 Å². The molecular formula is C28H30FN5O2. The number of hydrazine groups is 1. The van der Waals surface area contributed by atoms with Gasteiger partial charge in [0.25, 0.3) is 5.91 Å². The number of hydrogen-bond acceptors (Lipinski definition) is 5. The summed E-state index contributed by atoms with van der Waals surface area (Å²) in [4.78, 5) is 22.8. The summed E-state index contributed by atoms with van der Waals surface area (Å²) in [5.41, 5.74) is 3.80. The predicted octanol–water partition coefficient (Wildman–Crippen LogP) is 5.19. The van der Waals surface area contributed by atoms with Crippen LogP contribution >= 0.6 is 0 Å². The first-order chi connectivity index (χ1) is 17.3. The zero-order valence-corrected chi connectivity index (χ0v) is 21.0. The molecule has 1 saturated heterocycles. The van der Waals surface area contributed by atoms with Crippen molar-refractivity contribution in [3.8, 4) is 11.4 Å². The molecule has 0 N–H and O–H groups in total. The lowest BCUT2D eigenvalue weighted by Gasteiger charge is -2.40. The molecule has 0 aliphatic carbocycles. The highest BCUT2D eigenvalue weighted by molar-refractivity contribution is 6.09. The Balaban J connectivity index is 1.54. The molecular weight excluding hydrogens is 457 g/mol. The molecule has 5 rings (SSSR count). The van der Waals surface area contributed by atoms with Crippen LogP contribution in [0.5, 0.6) is 5.75 Å². The number of piperidine rings is 1. The van der Waals surface area contributed by atoms with Crippen LogP contribution in [0.25, 0.3) is 11.8 Å². The van der Waals surface area contributed by atoms with Crippen LogP contribution in [0.3, 0.4) is 0 Å². The minimum absolute atomic E-state index is 0.0595. The van der Waals surface area contributed by atoms with Crippen molar-refractivity contribution in [2.75, 3.05) is 25.2 Å². The van der Waals surface area contributed by atoms with Crippen molar-refractivity contribution >= 4 is 23.5 Å². The summed E-state index contributed by atoms with van der Waals surface area (Å²) < 4.78 is 21.3. The van der Waals surface area contributed by atoms with Crippen LogP contribution in [-0.4, -0.2) is 46.5 Å². The Bertz CT molecular complexity index is 1360. The molecule has 2 aliphatic heterocycles. The number of fused-ring (bicyclic) bond motifs is 1. The van der Waals surface area contributed by atoms with Gasteiger partial charge in [-0.15, -0.1) is 0 Å². The number of anilines is 1. The van der Waals surface area contributed by atoms with E-state index in [0.29, 0.717) is 18.8 Å². The molecule has 0 bridgehead atoms. The maximum atomic E-state index is 13.7. The molecule has 1 amide bonds. The van der Waals surface area contributed by atoms with E-state index in [4.69, 9.17) is 9.73 Å². The van der Waals surface area contributed by atoms with Gasteiger partial charge in [-0.3, -0.25) is 14.8 Å². The summed E-state index contributed by atoms with van der Waals surface area (Å²) in [7, 11) is 1.66. The average molecular weight is 488 g/mol. The van der Waals surface area contributed by atoms with Gasteiger partial charge < -0.3 is 9.30 Å². The molecule has 2 aliphatic rings. The van der Waals surface area contributed by atoms with E-state index in [9.17, 15) is 9.18 Å². The van der Waals surface area contributed by atoms with E-state index in [1.165, 1.54) is 12.1 Å². The lowest BCUT2D eigenvalue weighted by molar-refractivity contribution is -0.128. The lowest BCUT2D eigenvalue weighted by Crippen LogP contribution is -2.54. The Kier molecular flexibility index (Phi) is 6.12. The van der Waals surface area contributed by atoms with Crippen molar-refractivity contribution in [1.82, 2.24) is 14.6 Å². The van der Waals surface area contributed by atoms with Crippen LogP contribution in [-0.2, 0) is 4.79 Å². The Hall–Kier alpha value is -3.94. The summed E-state index contributed by atoms with van der Waals surface area (Å²) in [6.45, 7) is 6.77. The third kappa shape index (κ3) is 4.39. The summed E-state index contributed by atoms with van der Waals surface area (Å²) in [5, 5.41) is 3.61. The second-order valence-electron chi connectivity index (χ2n) is 9.87. The first-order valence-electron chi connectivity index (χ1n) is 12.1. The molecule has 8 heteroatoms. The van der Waals surface area contributed by atoms with Gasteiger partial charge in [-0.2, -0.15) is 0 Å². The Morgan fingerprint density at radius 3 is 2.61 bits per heavy atom. The van der Waals surface area contributed by atoms with Gasteiger partial charge in [-0.1, -0.05) is 6.07 Å². The molecule has 36 heavy (non-hydrogen) atoms. The number of aryl methyl sites for hydroxylation is 1. The maximum absolute atomic E-state index is 13.7. The molecule has 7 nitrogen and oxygen atoms in total.